The first kappa shape index (κ1) is 16.1. The van der Waals surface area contributed by atoms with Gasteiger partial charge < -0.3 is 11.1 Å². The van der Waals surface area contributed by atoms with Crippen molar-refractivity contribution in [3.8, 4) is 0 Å². The fourth-order valence-corrected chi connectivity index (χ4v) is 4.35. The quantitative estimate of drug-likeness (QED) is 0.791. The van der Waals surface area contributed by atoms with E-state index in [4.69, 9.17) is 17.3 Å². The maximum absolute atomic E-state index is 6.19. The molecule has 3 N–H and O–H groups in total. The standard InChI is InChI=1S/C16H24BrClN2/c1-11-7-15(2,3)9-16(8-11,10-19)20-12-4-5-13(17)14(18)6-12/h4-6,11,20H,7-10,19H2,1-3H3. The highest BCUT2D eigenvalue weighted by atomic mass is 79.9. The number of hydrogen-bond donors (Lipinski definition) is 2. The Hall–Kier alpha value is -0.250. The second-order valence-corrected chi connectivity index (χ2v) is 8.35. The lowest BCUT2D eigenvalue weighted by atomic mass is 9.64. The molecule has 2 atom stereocenters. The summed E-state index contributed by atoms with van der Waals surface area (Å²) in [5.74, 6) is 0.681. The van der Waals surface area contributed by atoms with Crippen molar-refractivity contribution in [2.24, 2.45) is 17.1 Å². The highest BCUT2D eigenvalue weighted by Crippen LogP contribution is 2.45. The van der Waals surface area contributed by atoms with Gasteiger partial charge in [-0.05, 0) is 64.7 Å². The first-order chi connectivity index (χ1) is 9.25. The van der Waals surface area contributed by atoms with Crippen molar-refractivity contribution in [1.82, 2.24) is 0 Å². The lowest BCUT2D eigenvalue weighted by Gasteiger charge is -2.48. The Bertz CT molecular complexity index is 489. The van der Waals surface area contributed by atoms with Gasteiger partial charge in [-0.3, -0.25) is 0 Å². The molecule has 20 heavy (non-hydrogen) atoms. The van der Waals surface area contributed by atoms with Crippen LogP contribution in [0.15, 0.2) is 22.7 Å². The third-order valence-electron chi connectivity index (χ3n) is 4.18. The Labute approximate surface area is 135 Å². The summed E-state index contributed by atoms with van der Waals surface area (Å²) in [6, 6.07) is 6.00. The maximum Gasteiger partial charge on any atom is 0.0568 e. The van der Waals surface area contributed by atoms with Gasteiger partial charge in [0, 0.05) is 16.7 Å². The molecule has 0 amide bonds. The summed E-state index contributed by atoms with van der Waals surface area (Å²) in [6.07, 6.45) is 3.46. The maximum atomic E-state index is 6.19. The summed E-state index contributed by atoms with van der Waals surface area (Å²) in [5, 5.41) is 4.39. The average molecular weight is 360 g/mol. The van der Waals surface area contributed by atoms with Crippen LogP contribution < -0.4 is 11.1 Å². The highest BCUT2D eigenvalue weighted by Gasteiger charge is 2.42. The van der Waals surface area contributed by atoms with Gasteiger partial charge in [-0.25, -0.2) is 0 Å². The zero-order valence-corrected chi connectivity index (χ0v) is 14.8. The molecule has 112 valence electrons. The molecule has 1 aromatic carbocycles. The molecule has 1 aromatic rings. The smallest absolute Gasteiger partial charge is 0.0568 e. The zero-order chi connectivity index (χ0) is 15.0. The van der Waals surface area contributed by atoms with Gasteiger partial charge >= 0.3 is 0 Å². The molecular formula is C16H24BrClN2. The van der Waals surface area contributed by atoms with Gasteiger partial charge in [-0.15, -0.1) is 0 Å². The molecule has 0 bridgehead atoms. The van der Waals surface area contributed by atoms with Crippen molar-refractivity contribution in [3.05, 3.63) is 27.7 Å². The lowest BCUT2D eigenvalue weighted by Crippen LogP contribution is -2.52. The summed E-state index contributed by atoms with van der Waals surface area (Å²) >= 11 is 9.61. The van der Waals surface area contributed by atoms with Crippen molar-refractivity contribution in [3.63, 3.8) is 0 Å². The van der Waals surface area contributed by atoms with Crippen LogP contribution in [-0.4, -0.2) is 12.1 Å². The zero-order valence-electron chi connectivity index (χ0n) is 12.5. The molecule has 1 fully saturated rings. The van der Waals surface area contributed by atoms with E-state index in [9.17, 15) is 0 Å². The topological polar surface area (TPSA) is 38.0 Å². The second kappa shape index (κ2) is 5.86. The SMILES string of the molecule is CC1CC(C)(C)CC(CN)(Nc2ccc(Br)c(Cl)c2)C1. The largest absolute Gasteiger partial charge is 0.378 e. The molecule has 2 unspecified atom stereocenters. The van der Waals surface area contributed by atoms with Gasteiger partial charge in [0.2, 0.25) is 0 Å². The van der Waals surface area contributed by atoms with E-state index in [1.54, 1.807) is 0 Å². The molecule has 0 aliphatic heterocycles. The van der Waals surface area contributed by atoms with Gasteiger partial charge in [0.05, 0.1) is 10.6 Å². The molecule has 0 spiro atoms. The minimum Gasteiger partial charge on any atom is -0.378 e. The van der Waals surface area contributed by atoms with Crippen LogP contribution in [-0.2, 0) is 0 Å². The van der Waals surface area contributed by atoms with Crippen LogP contribution in [0.1, 0.15) is 40.0 Å². The van der Waals surface area contributed by atoms with E-state index in [2.05, 4.69) is 48.1 Å². The second-order valence-electron chi connectivity index (χ2n) is 7.09. The summed E-state index contributed by atoms with van der Waals surface area (Å²) in [4.78, 5) is 0. The van der Waals surface area contributed by atoms with Crippen LogP contribution in [0.5, 0.6) is 0 Å². The van der Waals surface area contributed by atoms with Crippen molar-refractivity contribution in [2.75, 3.05) is 11.9 Å². The Morgan fingerprint density at radius 3 is 2.65 bits per heavy atom. The fraction of sp³-hybridized carbons (Fsp3) is 0.625. The molecule has 0 saturated heterocycles. The van der Waals surface area contributed by atoms with Gasteiger partial charge in [-0.2, -0.15) is 0 Å². The van der Waals surface area contributed by atoms with E-state index in [1.165, 1.54) is 6.42 Å². The van der Waals surface area contributed by atoms with Crippen LogP contribution >= 0.6 is 27.5 Å². The molecule has 1 aliphatic carbocycles. The minimum atomic E-state index is -0.0294. The Morgan fingerprint density at radius 2 is 2.10 bits per heavy atom. The Balaban J connectivity index is 2.24. The first-order valence-corrected chi connectivity index (χ1v) is 8.36. The summed E-state index contributed by atoms with van der Waals surface area (Å²) in [6.45, 7) is 7.64. The minimum absolute atomic E-state index is 0.0294. The molecule has 4 heteroatoms. The van der Waals surface area contributed by atoms with Gasteiger partial charge in [0.25, 0.3) is 0 Å². The molecule has 0 radical (unpaired) electrons. The van der Waals surface area contributed by atoms with E-state index in [0.717, 1.165) is 28.0 Å². The molecule has 1 saturated carbocycles. The molecule has 2 nitrogen and oxygen atoms in total. The third-order valence-corrected chi connectivity index (χ3v) is 5.41. The number of halogens is 2. The van der Waals surface area contributed by atoms with E-state index in [1.807, 2.05) is 12.1 Å². The van der Waals surface area contributed by atoms with E-state index < -0.39 is 0 Å². The van der Waals surface area contributed by atoms with Gasteiger partial charge in [-0.1, -0.05) is 32.4 Å². The van der Waals surface area contributed by atoms with Crippen LogP contribution in [0.3, 0.4) is 0 Å². The molecule has 0 heterocycles. The van der Waals surface area contributed by atoms with Crippen LogP contribution in [0.4, 0.5) is 5.69 Å². The van der Waals surface area contributed by atoms with E-state index in [0.29, 0.717) is 17.9 Å². The third kappa shape index (κ3) is 3.69. The van der Waals surface area contributed by atoms with E-state index >= 15 is 0 Å². The number of hydrogen-bond acceptors (Lipinski definition) is 2. The summed E-state index contributed by atoms with van der Waals surface area (Å²) in [5.41, 5.74) is 7.48. The monoisotopic (exact) mass is 358 g/mol. The molecule has 2 rings (SSSR count). The van der Waals surface area contributed by atoms with Crippen LogP contribution in [0.25, 0.3) is 0 Å². The first-order valence-electron chi connectivity index (χ1n) is 7.19. The number of rotatable bonds is 3. The molecular weight excluding hydrogens is 336 g/mol. The van der Waals surface area contributed by atoms with Gasteiger partial charge in [0.15, 0.2) is 0 Å². The van der Waals surface area contributed by atoms with E-state index in [-0.39, 0.29) is 5.54 Å². The number of nitrogens with one attached hydrogen (secondary N) is 1. The average Bonchev–Trinajstić information content (AvgIpc) is 2.31. The summed E-state index contributed by atoms with van der Waals surface area (Å²) in [7, 11) is 0. The van der Waals surface area contributed by atoms with Crippen molar-refractivity contribution in [1.29, 1.82) is 0 Å². The molecule has 0 aromatic heterocycles. The predicted molar refractivity (Wildman–Crippen MR) is 91.4 cm³/mol. The van der Waals surface area contributed by atoms with Crippen molar-refractivity contribution >= 4 is 33.2 Å². The Morgan fingerprint density at radius 1 is 1.40 bits per heavy atom. The number of nitrogens with two attached hydrogens (primary N) is 1. The summed E-state index contributed by atoms with van der Waals surface area (Å²) < 4.78 is 0.920. The highest BCUT2D eigenvalue weighted by molar-refractivity contribution is 9.10. The normalized spacial score (nSPS) is 29.2. The van der Waals surface area contributed by atoms with Gasteiger partial charge in [0.1, 0.15) is 0 Å². The molecule has 1 aliphatic rings. The van der Waals surface area contributed by atoms with Crippen molar-refractivity contribution < 1.29 is 0 Å². The Kier molecular flexibility index (Phi) is 4.73. The van der Waals surface area contributed by atoms with Crippen LogP contribution in [0.2, 0.25) is 5.02 Å². The number of benzene rings is 1. The van der Waals surface area contributed by atoms with Crippen molar-refractivity contribution in [2.45, 2.75) is 45.6 Å². The fourth-order valence-electron chi connectivity index (χ4n) is 3.92. The lowest BCUT2D eigenvalue weighted by molar-refractivity contribution is 0.125. The number of anilines is 1. The predicted octanol–water partition coefficient (Wildman–Crippen LogP) is 5.06. The van der Waals surface area contributed by atoms with Crippen LogP contribution in [0, 0.1) is 11.3 Å².